The molecule has 1 aromatic rings. The van der Waals surface area contributed by atoms with E-state index in [0.29, 0.717) is 19.1 Å². The van der Waals surface area contributed by atoms with Crippen LogP contribution >= 0.6 is 0 Å². The molecule has 0 bridgehead atoms. The number of carbonyl (C=O) groups is 1. The summed E-state index contributed by atoms with van der Waals surface area (Å²) < 4.78 is 13.8. The van der Waals surface area contributed by atoms with E-state index in [-0.39, 0.29) is 11.3 Å². The van der Waals surface area contributed by atoms with Gasteiger partial charge in [-0.15, -0.1) is 0 Å². The Hall–Kier alpha value is -1.62. The molecule has 1 N–H and O–H groups in total. The molecule has 2 fully saturated rings. The van der Waals surface area contributed by atoms with Crippen molar-refractivity contribution in [1.29, 1.82) is 0 Å². The number of fused-ring (bicyclic) bond motifs is 1. The second-order valence-corrected chi connectivity index (χ2v) is 5.57. The third kappa shape index (κ3) is 2.38. The molecule has 1 atom stereocenters. The fourth-order valence-electron chi connectivity index (χ4n) is 3.27. The molecule has 5 heteroatoms. The minimum atomic E-state index is -0.650. The van der Waals surface area contributed by atoms with Crippen LogP contribution < -0.4 is 0 Å². The molecular formula is C15H19FN2O2. The molecular weight excluding hydrogens is 259 g/mol. The average Bonchev–Trinajstić information content (AvgIpc) is 2.75. The molecule has 2 saturated heterocycles. The van der Waals surface area contributed by atoms with Crippen LogP contribution in [0.3, 0.4) is 0 Å². The smallest absolute Gasteiger partial charge is 0.260 e. The normalized spacial score (nSPS) is 23.4. The van der Waals surface area contributed by atoms with E-state index in [1.165, 1.54) is 18.2 Å². The Morgan fingerprint density at radius 1 is 1.25 bits per heavy atom. The third-order valence-corrected chi connectivity index (χ3v) is 4.30. The van der Waals surface area contributed by atoms with Crippen LogP contribution in [0.15, 0.2) is 18.2 Å². The van der Waals surface area contributed by atoms with E-state index in [2.05, 4.69) is 4.90 Å². The van der Waals surface area contributed by atoms with Crippen molar-refractivity contribution in [2.24, 2.45) is 0 Å². The topological polar surface area (TPSA) is 43.8 Å². The predicted molar refractivity (Wildman–Crippen MR) is 73.2 cm³/mol. The fourth-order valence-corrected chi connectivity index (χ4v) is 3.27. The van der Waals surface area contributed by atoms with Gasteiger partial charge in [0.1, 0.15) is 17.1 Å². The molecule has 20 heavy (non-hydrogen) atoms. The third-order valence-electron chi connectivity index (χ3n) is 4.30. The Morgan fingerprint density at radius 2 is 2.05 bits per heavy atom. The lowest BCUT2D eigenvalue weighted by molar-refractivity contribution is 0.0735. The van der Waals surface area contributed by atoms with Gasteiger partial charge in [0.25, 0.3) is 5.91 Å². The van der Waals surface area contributed by atoms with Crippen LogP contribution in [-0.4, -0.2) is 53.0 Å². The highest BCUT2D eigenvalue weighted by atomic mass is 19.1. The molecule has 2 aliphatic heterocycles. The summed E-state index contributed by atoms with van der Waals surface area (Å²) in [5.74, 6) is -1.32. The number of aromatic hydroxyl groups is 1. The number of carbonyl (C=O) groups excluding carboxylic acids is 1. The first-order chi connectivity index (χ1) is 9.66. The molecule has 2 aliphatic rings. The van der Waals surface area contributed by atoms with Gasteiger partial charge in [-0.05, 0) is 37.9 Å². The molecule has 3 rings (SSSR count). The number of hydrogen-bond acceptors (Lipinski definition) is 3. The van der Waals surface area contributed by atoms with Gasteiger partial charge in [-0.1, -0.05) is 6.07 Å². The molecule has 2 heterocycles. The number of rotatable bonds is 1. The summed E-state index contributed by atoms with van der Waals surface area (Å²) in [6, 6.07) is 4.36. The number of benzene rings is 1. The summed E-state index contributed by atoms with van der Waals surface area (Å²) in [5, 5.41) is 9.75. The van der Waals surface area contributed by atoms with Gasteiger partial charge in [-0.25, -0.2) is 4.39 Å². The lowest BCUT2D eigenvalue weighted by Gasteiger charge is -2.26. The van der Waals surface area contributed by atoms with Gasteiger partial charge >= 0.3 is 0 Å². The van der Waals surface area contributed by atoms with Crippen LogP contribution in [0.1, 0.15) is 29.6 Å². The van der Waals surface area contributed by atoms with Gasteiger partial charge in [0, 0.05) is 25.7 Å². The van der Waals surface area contributed by atoms with Crippen molar-refractivity contribution < 1.29 is 14.3 Å². The van der Waals surface area contributed by atoms with Crippen molar-refractivity contribution in [2.45, 2.75) is 25.3 Å². The number of hydrogen-bond donors (Lipinski definition) is 1. The maximum atomic E-state index is 13.8. The van der Waals surface area contributed by atoms with Gasteiger partial charge in [-0.2, -0.15) is 0 Å². The Balaban J connectivity index is 1.83. The van der Waals surface area contributed by atoms with E-state index in [9.17, 15) is 14.3 Å². The zero-order valence-corrected chi connectivity index (χ0v) is 11.4. The first-order valence-corrected chi connectivity index (χ1v) is 7.17. The van der Waals surface area contributed by atoms with E-state index < -0.39 is 11.7 Å². The second-order valence-electron chi connectivity index (χ2n) is 5.57. The first kappa shape index (κ1) is 13.4. The van der Waals surface area contributed by atoms with Crippen molar-refractivity contribution in [2.75, 3.05) is 26.2 Å². The van der Waals surface area contributed by atoms with Gasteiger partial charge in [0.15, 0.2) is 0 Å². The summed E-state index contributed by atoms with van der Waals surface area (Å²) >= 11 is 0. The quantitative estimate of drug-likeness (QED) is 0.852. The Labute approximate surface area is 117 Å². The SMILES string of the molecule is O=C(c1c(O)cccc1F)N1CCCN2CCCC2C1. The molecule has 4 nitrogen and oxygen atoms in total. The van der Waals surface area contributed by atoms with Crippen molar-refractivity contribution in [1.82, 2.24) is 9.80 Å². The summed E-state index contributed by atoms with van der Waals surface area (Å²) in [6.07, 6.45) is 3.15. The summed E-state index contributed by atoms with van der Waals surface area (Å²) in [6.45, 7) is 3.35. The summed E-state index contributed by atoms with van der Waals surface area (Å²) in [5.41, 5.74) is -0.195. The molecule has 0 saturated carbocycles. The molecule has 0 radical (unpaired) electrons. The van der Waals surface area contributed by atoms with Gasteiger partial charge in [0.05, 0.1) is 0 Å². The number of nitrogens with zero attached hydrogens (tertiary/aromatic N) is 2. The lowest BCUT2D eigenvalue weighted by Crippen LogP contribution is -2.40. The van der Waals surface area contributed by atoms with Crippen molar-refractivity contribution in [3.05, 3.63) is 29.6 Å². The monoisotopic (exact) mass is 278 g/mol. The maximum Gasteiger partial charge on any atom is 0.260 e. The first-order valence-electron chi connectivity index (χ1n) is 7.17. The van der Waals surface area contributed by atoms with E-state index in [0.717, 1.165) is 32.4 Å². The van der Waals surface area contributed by atoms with Crippen LogP contribution in [0.2, 0.25) is 0 Å². The van der Waals surface area contributed by atoms with Crippen LogP contribution in [-0.2, 0) is 0 Å². The zero-order valence-electron chi connectivity index (χ0n) is 11.4. The number of phenols is 1. The largest absolute Gasteiger partial charge is 0.507 e. The van der Waals surface area contributed by atoms with Gasteiger partial charge in [0.2, 0.25) is 0 Å². The van der Waals surface area contributed by atoms with Crippen molar-refractivity contribution in [3.63, 3.8) is 0 Å². The molecule has 108 valence electrons. The Bertz CT molecular complexity index is 500. The predicted octanol–water partition coefficient (Wildman–Crippen LogP) is 1.84. The van der Waals surface area contributed by atoms with E-state index in [1.807, 2.05) is 0 Å². The van der Waals surface area contributed by atoms with E-state index in [4.69, 9.17) is 0 Å². The van der Waals surface area contributed by atoms with Crippen LogP contribution in [0.4, 0.5) is 4.39 Å². The fraction of sp³-hybridized carbons (Fsp3) is 0.533. The standard InChI is InChI=1S/C15H19FN2O2/c16-12-5-1-6-13(19)14(12)15(20)18-9-3-8-17-7-2-4-11(17)10-18/h1,5-6,11,19H,2-4,7-10H2. The molecule has 1 aromatic carbocycles. The highest BCUT2D eigenvalue weighted by Gasteiger charge is 2.32. The minimum absolute atomic E-state index is 0.195. The van der Waals surface area contributed by atoms with Crippen molar-refractivity contribution in [3.8, 4) is 5.75 Å². The van der Waals surface area contributed by atoms with Crippen LogP contribution in [0.5, 0.6) is 5.75 Å². The highest BCUT2D eigenvalue weighted by Crippen LogP contribution is 2.25. The lowest BCUT2D eigenvalue weighted by atomic mass is 10.1. The second kappa shape index (κ2) is 5.40. The van der Waals surface area contributed by atoms with Crippen LogP contribution in [0.25, 0.3) is 0 Å². The van der Waals surface area contributed by atoms with Crippen LogP contribution in [0, 0.1) is 5.82 Å². The van der Waals surface area contributed by atoms with Crippen molar-refractivity contribution >= 4 is 5.91 Å². The highest BCUT2D eigenvalue weighted by molar-refractivity contribution is 5.97. The number of phenolic OH excluding ortho intramolecular Hbond substituents is 1. The Kier molecular flexibility index (Phi) is 3.61. The molecule has 0 aliphatic carbocycles. The summed E-state index contributed by atoms with van der Waals surface area (Å²) in [7, 11) is 0. The minimum Gasteiger partial charge on any atom is -0.507 e. The molecule has 1 unspecified atom stereocenters. The van der Waals surface area contributed by atoms with E-state index in [1.54, 1.807) is 4.90 Å². The Morgan fingerprint density at radius 3 is 2.85 bits per heavy atom. The number of halogens is 1. The number of amides is 1. The average molecular weight is 278 g/mol. The molecule has 0 spiro atoms. The molecule has 1 amide bonds. The van der Waals surface area contributed by atoms with E-state index >= 15 is 0 Å². The maximum absolute atomic E-state index is 13.8. The van der Waals surface area contributed by atoms with Gasteiger partial charge < -0.3 is 10.0 Å². The summed E-state index contributed by atoms with van der Waals surface area (Å²) in [4.78, 5) is 16.6. The van der Waals surface area contributed by atoms with Gasteiger partial charge in [-0.3, -0.25) is 9.69 Å². The molecule has 0 aromatic heterocycles. The zero-order chi connectivity index (χ0) is 14.1.